The highest BCUT2D eigenvalue weighted by Crippen LogP contribution is 2.31. The third-order valence-electron chi connectivity index (χ3n) is 8.20. The summed E-state index contributed by atoms with van der Waals surface area (Å²) in [6, 6.07) is 33.0. The van der Waals surface area contributed by atoms with Crippen LogP contribution in [0.1, 0.15) is 45.8 Å². The molecule has 1 amide bonds. The van der Waals surface area contributed by atoms with E-state index in [0.29, 0.717) is 47.5 Å². The maximum atomic E-state index is 14.6. The molecule has 5 rings (SSSR count). The summed E-state index contributed by atoms with van der Waals surface area (Å²) in [5.74, 6) is -0.212. The molecule has 1 aromatic heterocycles. The zero-order valence-corrected chi connectivity index (χ0v) is 30.3. The van der Waals surface area contributed by atoms with Crippen molar-refractivity contribution in [2.45, 2.75) is 38.3 Å². The molecule has 0 bridgehead atoms. The molecule has 0 saturated carbocycles. The minimum Gasteiger partial charge on any atom is -0.489 e. The molecule has 0 fully saturated rings. The molecule has 0 aliphatic rings. The van der Waals surface area contributed by atoms with Gasteiger partial charge in [-0.1, -0.05) is 96.0 Å². The number of hydrogen-bond donors (Lipinski definition) is 2. The Labute approximate surface area is 314 Å². The number of thiocarbonyl (C=S) groups is 1. The number of aryl methyl sites for hydroxylation is 1. The zero-order chi connectivity index (χ0) is 36.0. The molecule has 4 aromatic carbocycles. The molecule has 8 nitrogen and oxygen atoms in total. The molecule has 0 aliphatic carbocycles. The number of rotatable bonds is 16. The summed E-state index contributed by atoms with van der Waals surface area (Å²) in [6.07, 6.45) is 6.82. The van der Waals surface area contributed by atoms with E-state index in [9.17, 15) is 10.1 Å². The summed E-state index contributed by atoms with van der Waals surface area (Å²) in [5.41, 5.74) is 8.46. The Hall–Kier alpha value is -4.98. The highest BCUT2D eigenvalue weighted by atomic mass is 35.5. The SMILES string of the molecule is C=CCNC(=S)N(NCCCc1ccc(OCc2ccccc2)cc1)C(=O)C(Cc1cccc(Cl)c1Cl)c1cncn1Cc1ccc(C#N)cc1. The number of carbonyl (C=O) groups is 1. The monoisotopic (exact) mass is 736 g/mol. The van der Waals surface area contributed by atoms with Crippen molar-refractivity contribution in [1.29, 1.82) is 5.26 Å². The second-order valence-corrected chi connectivity index (χ2v) is 13.0. The first-order valence-corrected chi connectivity index (χ1v) is 17.7. The molecule has 2 N–H and O–H groups in total. The first kappa shape index (κ1) is 37.3. The Morgan fingerprint density at radius 1 is 1.00 bits per heavy atom. The number of benzene rings is 4. The van der Waals surface area contributed by atoms with E-state index >= 15 is 0 Å². The zero-order valence-electron chi connectivity index (χ0n) is 28.0. The van der Waals surface area contributed by atoms with Crippen molar-refractivity contribution in [3.05, 3.63) is 166 Å². The van der Waals surface area contributed by atoms with Crippen LogP contribution >= 0.6 is 35.4 Å². The van der Waals surface area contributed by atoms with Gasteiger partial charge in [0.2, 0.25) is 0 Å². The van der Waals surface area contributed by atoms with E-state index < -0.39 is 5.92 Å². The first-order valence-electron chi connectivity index (χ1n) is 16.5. The van der Waals surface area contributed by atoms with Crippen molar-refractivity contribution in [3.63, 3.8) is 0 Å². The molecule has 5 aromatic rings. The lowest BCUT2D eigenvalue weighted by atomic mass is 9.95. The Morgan fingerprint density at radius 3 is 2.47 bits per heavy atom. The highest BCUT2D eigenvalue weighted by Gasteiger charge is 2.32. The molecule has 11 heteroatoms. The number of aromatic nitrogens is 2. The molecule has 0 spiro atoms. The van der Waals surface area contributed by atoms with Crippen molar-refractivity contribution in [2.75, 3.05) is 13.1 Å². The lowest BCUT2D eigenvalue weighted by Crippen LogP contribution is -2.53. The van der Waals surface area contributed by atoms with Gasteiger partial charge in [0.1, 0.15) is 12.4 Å². The van der Waals surface area contributed by atoms with Gasteiger partial charge < -0.3 is 14.6 Å². The van der Waals surface area contributed by atoms with Crippen LogP contribution in [-0.2, 0) is 30.8 Å². The van der Waals surface area contributed by atoms with Crippen LogP contribution in [0.3, 0.4) is 0 Å². The Bertz CT molecular complexity index is 1960. The molecule has 1 heterocycles. The molecule has 260 valence electrons. The van der Waals surface area contributed by atoms with Crippen molar-refractivity contribution in [3.8, 4) is 11.8 Å². The van der Waals surface area contributed by atoms with Gasteiger partial charge in [0.25, 0.3) is 5.91 Å². The molecule has 0 aliphatic heterocycles. The van der Waals surface area contributed by atoms with Gasteiger partial charge in [-0.2, -0.15) is 5.26 Å². The van der Waals surface area contributed by atoms with Crippen LogP contribution in [-0.4, -0.2) is 38.7 Å². The number of nitriles is 1. The van der Waals surface area contributed by atoms with Gasteiger partial charge in [0.05, 0.1) is 39.6 Å². The molecule has 0 radical (unpaired) electrons. The average molecular weight is 738 g/mol. The average Bonchev–Trinajstić information content (AvgIpc) is 3.62. The number of carbonyl (C=O) groups excluding carboxylic acids is 1. The molecule has 51 heavy (non-hydrogen) atoms. The van der Waals surface area contributed by atoms with Gasteiger partial charge in [0, 0.05) is 25.8 Å². The van der Waals surface area contributed by atoms with Gasteiger partial charge in [0.15, 0.2) is 5.11 Å². The Morgan fingerprint density at radius 2 is 1.75 bits per heavy atom. The third kappa shape index (κ3) is 10.5. The highest BCUT2D eigenvalue weighted by molar-refractivity contribution is 7.80. The molecule has 0 saturated heterocycles. The minimum absolute atomic E-state index is 0.222. The van der Waals surface area contributed by atoms with Crippen molar-refractivity contribution < 1.29 is 9.53 Å². The lowest BCUT2D eigenvalue weighted by Gasteiger charge is -2.29. The van der Waals surface area contributed by atoms with E-state index in [-0.39, 0.29) is 17.4 Å². The number of amides is 1. The summed E-state index contributed by atoms with van der Waals surface area (Å²) in [5, 5.41) is 14.7. The molecular weight excluding hydrogens is 699 g/mol. The fourth-order valence-electron chi connectivity index (χ4n) is 5.50. The number of ether oxygens (including phenoxy) is 1. The van der Waals surface area contributed by atoms with Crippen LogP contribution in [0.15, 0.2) is 122 Å². The van der Waals surface area contributed by atoms with Gasteiger partial charge in [-0.3, -0.25) is 4.79 Å². The Balaban J connectivity index is 1.32. The normalized spacial score (nSPS) is 11.3. The number of imidazole rings is 1. The molecule has 1 unspecified atom stereocenters. The summed E-state index contributed by atoms with van der Waals surface area (Å²) >= 11 is 18.8. The van der Waals surface area contributed by atoms with Gasteiger partial charge in [-0.05, 0) is 84.1 Å². The number of halogens is 2. The first-order chi connectivity index (χ1) is 24.9. The van der Waals surface area contributed by atoms with E-state index in [0.717, 1.165) is 40.8 Å². The van der Waals surface area contributed by atoms with Gasteiger partial charge in [-0.15, -0.1) is 6.58 Å². The van der Waals surface area contributed by atoms with E-state index in [1.807, 2.05) is 71.3 Å². The van der Waals surface area contributed by atoms with Crippen LogP contribution in [0, 0.1) is 11.3 Å². The standard InChI is InChI=1S/C40H38Cl2N6O2S/c1-2-21-45-40(51)48(46-22-7-10-29-17-19-34(20-18-29)50-27-32-8-4-3-5-9-32)39(49)35(23-33-11-6-12-36(41)38(33)42)37-25-44-28-47(37)26-31-15-13-30(24-43)14-16-31/h2-6,8-9,11-20,25,28,35,46H,1,7,10,21-23,26-27H2,(H,45,51). The minimum atomic E-state index is -0.735. The predicted octanol–water partition coefficient (Wildman–Crippen LogP) is 8.04. The molecule has 1 atom stereocenters. The second kappa shape index (κ2) is 18.9. The summed E-state index contributed by atoms with van der Waals surface area (Å²) in [7, 11) is 0. The number of hydrogen-bond acceptors (Lipinski definition) is 6. The topological polar surface area (TPSA) is 95.2 Å². The number of hydrazine groups is 1. The largest absolute Gasteiger partial charge is 0.489 e. The van der Waals surface area contributed by atoms with Crippen LogP contribution in [0.5, 0.6) is 5.75 Å². The van der Waals surface area contributed by atoms with Gasteiger partial charge in [-0.25, -0.2) is 15.4 Å². The quantitative estimate of drug-likeness (QED) is 0.0458. The predicted molar refractivity (Wildman–Crippen MR) is 207 cm³/mol. The van der Waals surface area contributed by atoms with Crippen molar-refractivity contribution >= 4 is 46.4 Å². The van der Waals surface area contributed by atoms with Crippen LogP contribution in [0.25, 0.3) is 0 Å². The van der Waals surface area contributed by atoms with Crippen LogP contribution < -0.4 is 15.5 Å². The van der Waals surface area contributed by atoms with Gasteiger partial charge >= 0.3 is 0 Å². The third-order valence-corrected chi connectivity index (χ3v) is 9.38. The maximum Gasteiger partial charge on any atom is 0.252 e. The summed E-state index contributed by atoms with van der Waals surface area (Å²) < 4.78 is 7.86. The van der Waals surface area contributed by atoms with E-state index in [4.69, 9.17) is 40.2 Å². The summed E-state index contributed by atoms with van der Waals surface area (Å²) in [4.78, 5) is 19.1. The van der Waals surface area contributed by atoms with E-state index in [1.165, 1.54) is 5.01 Å². The van der Waals surface area contributed by atoms with Crippen molar-refractivity contribution in [1.82, 2.24) is 25.3 Å². The lowest BCUT2D eigenvalue weighted by molar-refractivity contribution is -0.131. The van der Waals surface area contributed by atoms with E-state index in [2.05, 4.69) is 40.5 Å². The van der Waals surface area contributed by atoms with Crippen LogP contribution in [0.4, 0.5) is 0 Å². The smallest absolute Gasteiger partial charge is 0.252 e. The Kier molecular flexibility index (Phi) is 13.8. The van der Waals surface area contributed by atoms with E-state index in [1.54, 1.807) is 36.8 Å². The maximum absolute atomic E-state index is 14.6. The molecular formula is C40H38Cl2N6O2S. The number of nitrogens with zero attached hydrogens (tertiary/aromatic N) is 4. The number of nitrogens with one attached hydrogen (secondary N) is 2. The fourth-order valence-corrected chi connectivity index (χ4v) is 6.13. The summed E-state index contributed by atoms with van der Waals surface area (Å²) in [6.45, 7) is 5.58. The van der Waals surface area contributed by atoms with Crippen molar-refractivity contribution in [2.24, 2.45) is 0 Å². The second-order valence-electron chi connectivity index (χ2n) is 11.8. The van der Waals surface area contributed by atoms with Crippen LogP contribution in [0.2, 0.25) is 10.0 Å². The fraction of sp³-hybridized carbons (Fsp3) is 0.200.